The van der Waals surface area contributed by atoms with Gasteiger partial charge in [-0.1, -0.05) is 23.7 Å². The second-order valence-electron chi connectivity index (χ2n) is 9.03. The zero-order valence-corrected chi connectivity index (χ0v) is 22.1. The van der Waals surface area contributed by atoms with Gasteiger partial charge in [-0.05, 0) is 61.2 Å². The van der Waals surface area contributed by atoms with Crippen LogP contribution in [0.25, 0.3) is 10.8 Å². The van der Waals surface area contributed by atoms with Gasteiger partial charge in [-0.15, -0.1) is 11.3 Å². The van der Waals surface area contributed by atoms with Crippen molar-refractivity contribution >= 4 is 49.5 Å². The van der Waals surface area contributed by atoms with Crippen molar-refractivity contribution in [2.75, 3.05) is 32.4 Å². The molecule has 2 aromatic carbocycles. The van der Waals surface area contributed by atoms with Gasteiger partial charge < -0.3 is 4.57 Å². The lowest BCUT2D eigenvalue weighted by atomic mass is 10.1. The van der Waals surface area contributed by atoms with Gasteiger partial charge in [-0.25, -0.2) is 13.2 Å². The number of rotatable bonds is 7. The van der Waals surface area contributed by atoms with E-state index in [0.29, 0.717) is 22.6 Å². The van der Waals surface area contributed by atoms with E-state index >= 15 is 0 Å². The molecule has 34 heavy (non-hydrogen) atoms. The topological polar surface area (TPSA) is 68.5 Å². The highest BCUT2D eigenvalue weighted by molar-refractivity contribution is 7.91. The second-order valence-corrected chi connectivity index (χ2v) is 12.4. The van der Waals surface area contributed by atoms with Crippen LogP contribution in [0.3, 0.4) is 0 Å². The van der Waals surface area contributed by atoms with Crippen LogP contribution in [0.1, 0.15) is 31.4 Å². The minimum absolute atomic E-state index is 0.0271. The number of aryl methyl sites for hydroxylation is 1. The number of carbonyl (C=O) groups is 1. The number of likely N-dealkylation sites (tertiary alicyclic amines) is 1. The Morgan fingerprint density at radius 1 is 1.12 bits per heavy atom. The number of hydrogen-bond acceptors (Lipinski definition) is 5. The van der Waals surface area contributed by atoms with Crippen molar-refractivity contribution in [2.45, 2.75) is 44.0 Å². The first-order valence-electron chi connectivity index (χ1n) is 11.6. The summed E-state index contributed by atoms with van der Waals surface area (Å²) in [7, 11) is -1.80. The molecular weight excluding hydrogens is 490 g/mol. The number of sulfone groups is 1. The first-order valence-corrected chi connectivity index (χ1v) is 14.5. The third-order valence-electron chi connectivity index (χ3n) is 6.85. The fraction of sp³-hybridized carbons (Fsp3) is 0.440. The number of quaternary nitrogens is 1. The van der Waals surface area contributed by atoms with Crippen LogP contribution in [0.5, 0.6) is 0 Å². The van der Waals surface area contributed by atoms with Crippen LogP contribution in [0, 0.1) is 6.92 Å². The maximum Gasteiger partial charge on any atom is 0.314 e. The minimum Gasteiger partial charge on any atom is -0.316 e. The molecule has 0 saturated carbocycles. The fourth-order valence-corrected chi connectivity index (χ4v) is 7.15. The number of aromatic nitrogens is 1. The molecule has 2 heterocycles. The zero-order valence-electron chi connectivity index (χ0n) is 19.7. The summed E-state index contributed by atoms with van der Waals surface area (Å²) >= 11 is 7.64. The summed E-state index contributed by atoms with van der Waals surface area (Å²) in [6.07, 6.45) is 3.13. The molecule has 1 fully saturated rings. The van der Waals surface area contributed by atoms with Crippen molar-refractivity contribution in [2.24, 2.45) is 4.99 Å². The summed E-state index contributed by atoms with van der Waals surface area (Å²) in [6, 6.07) is 10.4. The number of amides is 1. The Balaban J connectivity index is 1.50. The standard InChI is InChI=1S/C25H31ClN3O3S2/c1-19-18-33-25(27-2)28(19)11-14-29(12-4-3-5-13-29)24(30)10-15-34(31,32)23-9-7-20-16-22(26)8-6-21(20)17-23/h6-9,16-18H,3-5,10-15H2,1-2H3/q+1. The molecule has 1 aliphatic rings. The SMILES string of the molecule is CN=c1scc(C)n1CC[N+]1(C(=O)CCS(=O)(=O)c2ccc3cc(Cl)ccc3c2)CCCCC1. The first kappa shape index (κ1) is 25.1. The van der Waals surface area contributed by atoms with E-state index in [1.165, 1.54) is 0 Å². The molecule has 182 valence electrons. The summed E-state index contributed by atoms with van der Waals surface area (Å²) in [6.45, 7) is 4.97. The average Bonchev–Trinajstić information content (AvgIpc) is 3.20. The van der Waals surface area contributed by atoms with E-state index in [1.807, 2.05) is 12.1 Å². The summed E-state index contributed by atoms with van der Waals surface area (Å²) in [5.41, 5.74) is 1.13. The molecule has 1 aliphatic heterocycles. The Labute approximate surface area is 210 Å². The van der Waals surface area contributed by atoms with Crippen molar-refractivity contribution < 1.29 is 17.7 Å². The quantitative estimate of drug-likeness (QED) is 0.428. The van der Waals surface area contributed by atoms with Gasteiger partial charge in [0.15, 0.2) is 14.6 Å². The summed E-state index contributed by atoms with van der Waals surface area (Å²) in [4.78, 5) is 19.1. The summed E-state index contributed by atoms with van der Waals surface area (Å²) in [5, 5.41) is 4.39. The van der Waals surface area contributed by atoms with Crippen LogP contribution in [-0.4, -0.2) is 55.8 Å². The third kappa shape index (κ3) is 5.30. The monoisotopic (exact) mass is 520 g/mol. The van der Waals surface area contributed by atoms with Gasteiger partial charge in [0, 0.05) is 23.1 Å². The van der Waals surface area contributed by atoms with E-state index in [9.17, 15) is 13.2 Å². The molecular formula is C25H31ClN3O3S2+. The van der Waals surface area contributed by atoms with E-state index in [4.69, 9.17) is 11.6 Å². The normalized spacial score (nSPS) is 16.7. The number of halogens is 1. The van der Waals surface area contributed by atoms with Crippen LogP contribution < -0.4 is 4.80 Å². The van der Waals surface area contributed by atoms with E-state index in [1.54, 1.807) is 42.6 Å². The molecule has 0 spiro atoms. The first-order chi connectivity index (χ1) is 16.2. The largest absolute Gasteiger partial charge is 0.316 e. The van der Waals surface area contributed by atoms with Crippen molar-refractivity contribution in [1.82, 2.24) is 4.57 Å². The van der Waals surface area contributed by atoms with Gasteiger partial charge in [0.1, 0.15) is 6.54 Å². The van der Waals surface area contributed by atoms with E-state index in [2.05, 4.69) is 21.9 Å². The van der Waals surface area contributed by atoms with Crippen LogP contribution in [0.15, 0.2) is 51.7 Å². The molecule has 0 bridgehead atoms. The van der Waals surface area contributed by atoms with E-state index in [-0.39, 0.29) is 23.0 Å². The van der Waals surface area contributed by atoms with Crippen LogP contribution in [0.4, 0.5) is 0 Å². The second kappa shape index (κ2) is 10.3. The highest BCUT2D eigenvalue weighted by Gasteiger charge is 2.38. The number of benzene rings is 2. The van der Waals surface area contributed by atoms with Gasteiger partial charge >= 0.3 is 5.91 Å². The highest BCUT2D eigenvalue weighted by atomic mass is 35.5. The number of thiazole rings is 1. The third-order valence-corrected chi connectivity index (χ3v) is 9.87. The van der Waals surface area contributed by atoms with Gasteiger partial charge in [0.05, 0.1) is 36.7 Å². The molecule has 0 aliphatic carbocycles. The predicted octanol–water partition coefficient (Wildman–Crippen LogP) is 4.59. The molecule has 0 atom stereocenters. The Bertz CT molecular complexity index is 1370. The van der Waals surface area contributed by atoms with Crippen molar-refractivity contribution in [3.63, 3.8) is 0 Å². The number of piperidine rings is 1. The lowest BCUT2D eigenvalue weighted by Gasteiger charge is -2.39. The van der Waals surface area contributed by atoms with Crippen LogP contribution in [-0.2, 0) is 21.2 Å². The van der Waals surface area contributed by atoms with Crippen LogP contribution >= 0.6 is 22.9 Å². The van der Waals surface area contributed by atoms with Gasteiger partial charge in [-0.2, -0.15) is 0 Å². The average molecular weight is 521 g/mol. The number of hydrogen-bond donors (Lipinski definition) is 0. The van der Waals surface area contributed by atoms with Gasteiger partial charge in [-0.3, -0.25) is 9.48 Å². The smallest absolute Gasteiger partial charge is 0.314 e. The lowest BCUT2D eigenvalue weighted by Crippen LogP contribution is -2.57. The lowest BCUT2D eigenvalue weighted by molar-refractivity contribution is -0.860. The molecule has 1 saturated heterocycles. The molecule has 4 rings (SSSR count). The van der Waals surface area contributed by atoms with Crippen molar-refractivity contribution in [3.8, 4) is 0 Å². The maximum atomic E-state index is 13.5. The van der Waals surface area contributed by atoms with Crippen LogP contribution in [0.2, 0.25) is 5.02 Å². The Morgan fingerprint density at radius 3 is 2.56 bits per heavy atom. The molecule has 3 aromatic rings. The van der Waals surface area contributed by atoms with Gasteiger partial charge in [0.25, 0.3) is 0 Å². The Kier molecular flexibility index (Phi) is 7.62. The minimum atomic E-state index is -3.58. The molecule has 0 N–H and O–H groups in total. The molecule has 0 unspecified atom stereocenters. The molecule has 0 radical (unpaired) electrons. The van der Waals surface area contributed by atoms with Gasteiger partial charge in [0.2, 0.25) is 0 Å². The highest BCUT2D eigenvalue weighted by Crippen LogP contribution is 2.25. The Morgan fingerprint density at radius 2 is 1.82 bits per heavy atom. The predicted molar refractivity (Wildman–Crippen MR) is 138 cm³/mol. The molecule has 1 amide bonds. The maximum absolute atomic E-state index is 13.5. The summed E-state index contributed by atoms with van der Waals surface area (Å²) in [5.74, 6) is -0.148. The molecule has 9 heteroatoms. The Hall–Kier alpha value is -2.00. The zero-order chi connectivity index (χ0) is 24.3. The number of fused-ring (bicyclic) bond motifs is 1. The van der Waals surface area contributed by atoms with Crippen molar-refractivity contribution in [3.05, 3.63) is 57.3 Å². The number of carbonyl (C=O) groups excluding carboxylic acids is 1. The summed E-state index contributed by atoms with van der Waals surface area (Å²) < 4.78 is 28.7. The fourth-order valence-electron chi connectivity index (χ4n) is 4.83. The molecule has 6 nitrogen and oxygen atoms in total. The molecule has 1 aromatic heterocycles. The van der Waals surface area contributed by atoms with E-state index in [0.717, 1.165) is 53.6 Å². The number of nitrogens with zero attached hydrogens (tertiary/aromatic N) is 3. The van der Waals surface area contributed by atoms with E-state index < -0.39 is 9.84 Å². The van der Waals surface area contributed by atoms with Crippen molar-refractivity contribution in [1.29, 1.82) is 0 Å².